The molecular formula is C21H34. The molecule has 0 heteroatoms. The van der Waals surface area contributed by atoms with Gasteiger partial charge < -0.3 is 0 Å². The van der Waals surface area contributed by atoms with Crippen LogP contribution in [-0.4, -0.2) is 0 Å². The summed E-state index contributed by atoms with van der Waals surface area (Å²) in [7, 11) is 0. The second kappa shape index (κ2) is 3.98. The number of hydrogen-bond donors (Lipinski definition) is 0. The minimum Gasteiger partial charge on any atom is -0.0998 e. The van der Waals surface area contributed by atoms with Crippen LogP contribution >= 0.6 is 0 Å². The third-order valence-corrected chi connectivity index (χ3v) is 9.08. The molecule has 21 heavy (non-hydrogen) atoms. The van der Waals surface area contributed by atoms with Crippen molar-refractivity contribution in [3.05, 3.63) is 12.2 Å². The normalized spacial score (nSPS) is 61.7. The topological polar surface area (TPSA) is 0 Å². The molecule has 5 fully saturated rings. The Morgan fingerprint density at radius 3 is 2.19 bits per heavy atom. The second-order valence-electron chi connectivity index (χ2n) is 9.26. The summed E-state index contributed by atoms with van der Waals surface area (Å²) in [6.07, 6.45) is 9.13. The minimum atomic E-state index is 0.664. The lowest BCUT2D eigenvalue weighted by molar-refractivity contribution is -0.0717. The first-order valence-electron chi connectivity index (χ1n) is 9.62. The Hall–Kier alpha value is -0.260. The van der Waals surface area contributed by atoms with Crippen LogP contribution in [0.15, 0.2) is 12.2 Å². The Bertz CT molecular complexity index is 490. The van der Waals surface area contributed by atoms with Crippen LogP contribution in [0.25, 0.3) is 0 Å². The third-order valence-electron chi connectivity index (χ3n) is 9.08. The monoisotopic (exact) mass is 286 g/mol. The zero-order chi connectivity index (χ0) is 15.2. The van der Waals surface area contributed by atoms with E-state index in [2.05, 4.69) is 27.4 Å². The summed E-state index contributed by atoms with van der Waals surface area (Å²) in [6, 6.07) is 0. The quantitative estimate of drug-likeness (QED) is 0.513. The third kappa shape index (κ3) is 1.31. The van der Waals surface area contributed by atoms with Crippen molar-refractivity contribution >= 4 is 0 Å². The lowest BCUT2D eigenvalue weighted by Gasteiger charge is -2.56. The smallest absolute Gasteiger partial charge is 0.0170 e. The van der Waals surface area contributed by atoms with Crippen LogP contribution in [0.1, 0.15) is 73.1 Å². The van der Waals surface area contributed by atoms with Gasteiger partial charge in [0.2, 0.25) is 0 Å². The van der Waals surface area contributed by atoms with Crippen molar-refractivity contribution in [3.63, 3.8) is 0 Å². The fourth-order valence-electron chi connectivity index (χ4n) is 8.24. The van der Waals surface area contributed by atoms with Crippen LogP contribution in [0.3, 0.4) is 0 Å². The summed E-state index contributed by atoms with van der Waals surface area (Å²) < 4.78 is 0. The van der Waals surface area contributed by atoms with Crippen LogP contribution in [0.4, 0.5) is 0 Å². The van der Waals surface area contributed by atoms with Gasteiger partial charge in [0.15, 0.2) is 0 Å². The van der Waals surface area contributed by atoms with E-state index in [0.717, 1.165) is 40.4 Å². The van der Waals surface area contributed by atoms with E-state index < -0.39 is 0 Å². The molecule has 5 rings (SSSR count). The molecular weight excluding hydrogens is 252 g/mol. The zero-order valence-corrected chi connectivity index (χ0v) is 14.8. The summed E-state index contributed by atoms with van der Waals surface area (Å²) in [6.45, 7) is 15.9. The van der Waals surface area contributed by atoms with Crippen molar-refractivity contribution < 1.29 is 0 Å². The molecule has 0 amide bonds. The lowest BCUT2D eigenvalue weighted by atomic mass is 9.48. The minimum absolute atomic E-state index is 0.664. The van der Waals surface area contributed by atoms with E-state index in [1.54, 1.807) is 19.3 Å². The molecule has 0 bridgehead atoms. The van der Waals surface area contributed by atoms with E-state index in [1.807, 2.05) is 13.8 Å². The predicted octanol–water partition coefficient (Wildman–Crippen LogP) is 6.08. The van der Waals surface area contributed by atoms with Gasteiger partial charge in [0.25, 0.3) is 0 Å². The van der Waals surface area contributed by atoms with Crippen molar-refractivity contribution in [2.75, 3.05) is 0 Å². The van der Waals surface area contributed by atoms with Gasteiger partial charge in [0, 0.05) is 0 Å². The first-order chi connectivity index (χ1) is 9.97. The van der Waals surface area contributed by atoms with Crippen molar-refractivity contribution in [1.29, 1.82) is 0 Å². The number of fused-ring (bicyclic) bond motifs is 3. The summed E-state index contributed by atoms with van der Waals surface area (Å²) in [4.78, 5) is 0. The molecule has 8 atom stereocenters. The van der Waals surface area contributed by atoms with Gasteiger partial charge >= 0.3 is 0 Å². The van der Waals surface area contributed by atoms with Gasteiger partial charge in [-0.15, -0.1) is 0 Å². The Kier molecular flexibility index (Phi) is 2.72. The molecule has 0 saturated heterocycles. The molecule has 5 aliphatic carbocycles. The van der Waals surface area contributed by atoms with E-state index >= 15 is 0 Å². The highest BCUT2D eigenvalue weighted by atomic mass is 15.0. The Balaban J connectivity index is 0.000000555. The van der Waals surface area contributed by atoms with Crippen molar-refractivity contribution in [3.8, 4) is 0 Å². The lowest BCUT2D eigenvalue weighted by Crippen LogP contribution is -2.49. The highest BCUT2D eigenvalue weighted by Gasteiger charge is 2.95. The predicted molar refractivity (Wildman–Crippen MR) is 90.0 cm³/mol. The molecule has 0 aromatic heterocycles. The summed E-state index contributed by atoms with van der Waals surface area (Å²) in [5.41, 5.74) is 3.81. The number of hydrogen-bond acceptors (Lipinski definition) is 0. The maximum atomic E-state index is 4.36. The maximum absolute atomic E-state index is 4.36. The van der Waals surface area contributed by atoms with Gasteiger partial charge in [0.1, 0.15) is 0 Å². The Labute approximate surface area is 131 Å². The van der Waals surface area contributed by atoms with Gasteiger partial charge in [-0.05, 0) is 91.3 Å². The number of rotatable bonds is 1. The van der Waals surface area contributed by atoms with Gasteiger partial charge in [-0.2, -0.15) is 0 Å². The van der Waals surface area contributed by atoms with Crippen molar-refractivity contribution in [2.45, 2.75) is 73.1 Å². The van der Waals surface area contributed by atoms with Gasteiger partial charge in [0.05, 0.1) is 0 Å². The van der Waals surface area contributed by atoms with Crippen LogP contribution in [-0.2, 0) is 0 Å². The van der Waals surface area contributed by atoms with E-state index in [1.165, 1.54) is 24.8 Å². The van der Waals surface area contributed by atoms with E-state index in [4.69, 9.17) is 0 Å². The van der Waals surface area contributed by atoms with E-state index in [-0.39, 0.29) is 0 Å². The van der Waals surface area contributed by atoms with Crippen LogP contribution in [0, 0.1) is 45.8 Å². The fourth-order valence-corrected chi connectivity index (χ4v) is 8.24. The second-order valence-corrected chi connectivity index (χ2v) is 9.26. The average molecular weight is 287 g/mol. The SMILES string of the molecule is C=C(C)[C@@H]1CC[C@]2(C)CC[C@]34C5[C@H](CC[C@@H]3[C@@H]12)C54C.CC. The van der Waals surface area contributed by atoms with Crippen molar-refractivity contribution in [2.24, 2.45) is 45.8 Å². The zero-order valence-electron chi connectivity index (χ0n) is 14.8. The molecule has 0 heterocycles. The molecule has 2 unspecified atom stereocenters. The van der Waals surface area contributed by atoms with Crippen LogP contribution in [0.2, 0.25) is 0 Å². The summed E-state index contributed by atoms with van der Waals surface area (Å²) in [5.74, 6) is 5.22. The highest BCUT2D eigenvalue weighted by molar-refractivity contribution is 5.42. The average Bonchev–Trinajstić information content (AvgIpc) is 3.21. The molecule has 1 spiro atoms. The highest BCUT2D eigenvalue weighted by Crippen LogP contribution is 3.00. The standard InChI is InChI=1S/C19H28.C2H6/c1-11(2)12-7-8-17(3)9-10-19-13(15(12)17)5-6-14-16(19)18(14,19)4;1-2/h12-16H,1,5-10H2,2-4H3;1-2H3/t12-,13+,14-,15+,16?,17+,18?,19+;/m0./s1. The van der Waals surface area contributed by atoms with E-state index in [9.17, 15) is 0 Å². The van der Waals surface area contributed by atoms with Crippen molar-refractivity contribution in [1.82, 2.24) is 0 Å². The molecule has 0 aromatic rings. The van der Waals surface area contributed by atoms with Crippen LogP contribution < -0.4 is 0 Å². The molecule has 118 valence electrons. The van der Waals surface area contributed by atoms with Crippen LogP contribution in [0.5, 0.6) is 0 Å². The molecule has 0 aliphatic heterocycles. The molecule has 0 aromatic carbocycles. The Morgan fingerprint density at radius 2 is 1.57 bits per heavy atom. The Morgan fingerprint density at radius 1 is 0.952 bits per heavy atom. The summed E-state index contributed by atoms with van der Waals surface area (Å²) >= 11 is 0. The molecule has 5 saturated carbocycles. The fraction of sp³-hybridized carbons (Fsp3) is 0.905. The first kappa shape index (κ1) is 14.3. The molecule has 0 N–H and O–H groups in total. The largest absolute Gasteiger partial charge is 0.0998 e. The van der Waals surface area contributed by atoms with Gasteiger partial charge in [-0.3, -0.25) is 0 Å². The summed E-state index contributed by atoms with van der Waals surface area (Å²) in [5, 5.41) is 0. The van der Waals surface area contributed by atoms with Gasteiger partial charge in [-0.1, -0.05) is 39.8 Å². The maximum Gasteiger partial charge on any atom is -0.0170 e. The van der Waals surface area contributed by atoms with Gasteiger partial charge in [-0.25, -0.2) is 0 Å². The molecule has 5 aliphatic rings. The first-order valence-corrected chi connectivity index (χ1v) is 9.62. The molecule has 0 nitrogen and oxygen atoms in total. The van der Waals surface area contributed by atoms with E-state index in [0.29, 0.717) is 5.41 Å². The number of allylic oxidation sites excluding steroid dienone is 1. The molecule has 0 radical (unpaired) electrons.